The van der Waals surface area contributed by atoms with Gasteiger partial charge in [-0.3, -0.25) is 4.90 Å². The fourth-order valence-electron chi connectivity index (χ4n) is 2.74. The molecule has 1 heterocycles. The Bertz CT molecular complexity index is 448. The minimum absolute atomic E-state index is 0.506. The van der Waals surface area contributed by atoms with Gasteiger partial charge in [0.05, 0.1) is 0 Å². The molecule has 0 bridgehead atoms. The van der Waals surface area contributed by atoms with Crippen LogP contribution in [0.4, 0.5) is 0 Å². The van der Waals surface area contributed by atoms with Gasteiger partial charge in [0.25, 0.3) is 0 Å². The first-order valence-electron chi connectivity index (χ1n) is 7.14. The Morgan fingerprint density at radius 1 is 1.32 bits per heavy atom. The Balaban J connectivity index is 2.02. The predicted octanol–water partition coefficient (Wildman–Crippen LogP) is 3.33. The fraction of sp³-hybridized carbons (Fsp3) is 0.562. The van der Waals surface area contributed by atoms with Crippen molar-refractivity contribution in [3.8, 4) is 0 Å². The standard InChI is InChI=1S/C16H24N2S/c1-3-16(2)8-10-18(11-9-16)12-13-6-4-5-7-14(13)15(17)19/h4-7H,3,8-12H2,1-2H3,(H2,17,19). The van der Waals surface area contributed by atoms with E-state index in [0.717, 1.165) is 12.1 Å². The minimum Gasteiger partial charge on any atom is -0.389 e. The van der Waals surface area contributed by atoms with E-state index in [1.165, 1.54) is 37.9 Å². The lowest BCUT2D eigenvalue weighted by molar-refractivity contribution is 0.109. The highest BCUT2D eigenvalue weighted by atomic mass is 32.1. The minimum atomic E-state index is 0.506. The van der Waals surface area contributed by atoms with Crippen LogP contribution >= 0.6 is 12.2 Å². The van der Waals surface area contributed by atoms with Gasteiger partial charge in [0, 0.05) is 12.1 Å². The van der Waals surface area contributed by atoms with Crippen LogP contribution in [0.5, 0.6) is 0 Å². The van der Waals surface area contributed by atoms with Crippen LogP contribution in [0.3, 0.4) is 0 Å². The molecule has 104 valence electrons. The third-order valence-electron chi connectivity index (χ3n) is 4.59. The molecule has 1 saturated heterocycles. The summed E-state index contributed by atoms with van der Waals surface area (Å²) < 4.78 is 0. The maximum absolute atomic E-state index is 5.80. The first kappa shape index (κ1) is 14.5. The van der Waals surface area contributed by atoms with E-state index >= 15 is 0 Å². The molecule has 2 rings (SSSR count). The monoisotopic (exact) mass is 276 g/mol. The van der Waals surface area contributed by atoms with Crippen LogP contribution in [0, 0.1) is 5.41 Å². The summed E-state index contributed by atoms with van der Waals surface area (Å²) in [6, 6.07) is 8.24. The maximum atomic E-state index is 5.80. The van der Waals surface area contributed by atoms with Gasteiger partial charge in [0.2, 0.25) is 0 Å². The van der Waals surface area contributed by atoms with Gasteiger partial charge in [-0.15, -0.1) is 0 Å². The van der Waals surface area contributed by atoms with E-state index in [4.69, 9.17) is 18.0 Å². The average Bonchev–Trinajstić information content (AvgIpc) is 2.42. The highest BCUT2D eigenvalue weighted by Gasteiger charge is 2.28. The van der Waals surface area contributed by atoms with E-state index in [-0.39, 0.29) is 0 Å². The van der Waals surface area contributed by atoms with Gasteiger partial charge in [0.1, 0.15) is 4.99 Å². The zero-order valence-corrected chi connectivity index (χ0v) is 12.8. The third-order valence-corrected chi connectivity index (χ3v) is 4.81. The Morgan fingerprint density at radius 2 is 1.95 bits per heavy atom. The highest BCUT2D eigenvalue weighted by Crippen LogP contribution is 2.34. The normalized spacial score (nSPS) is 19.3. The SMILES string of the molecule is CCC1(C)CCN(Cc2ccccc2C(N)=S)CC1. The van der Waals surface area contributed by atoms with Crippen LogP contribution in [0.2, 0.25) is 0 Å². The zero-order valence-electron chi connectivity index (χ0n) is 12.0. The van der Waals surface area contributed by atoms with Gasteiger partial charge in [-0.25, -0.2) is 0 Å². The van der Waals surface area contributed by atoms with Crippen molar-refractivity contribution >= 4 is 17.2 Å². The van der Waals surface area contributed by atoms with Crippen LogP contribution in [-0.2, 0) is 6.54 Å². The van der Waals surface area contributed by atoms with Crippen molar-refractivity contribution in [2.75, 3.05) is 13.1 Å². The molecular weight excluding hydrogens is 252 g/mol. The molecule has 1 fully saturated rings. The molecule has 0 radical (unpaired) electrons. The van der Waals surface area contributed by atoms with Gasteiger partial charge in [-0.05, 0) is 36.9 Å². The topological polar surface area (TPSA) is 29.3 Å². The number of piperidine rings is 1. The van der Waals surface area contributed by atoms with Crippen LogP contribution in [0.25, 0.3) is 0 Å². The summed E-state index contributed by atoms with van der Waals surface area (Å²) >= 11 is 5.13. The largest absolute Gasteiger partial charge is 0.389 e. The lowest BCUT2D eigenvalue weighted by Crippen LogP contribution is -2.38. The van der Waals surface area contributed by atoms with E-state index in [2.05, 4.69) is 30.9 Å². The van der Waals surface area contributed by atoms with Crippen LogP contribution in [0.1, 0.15) is 44.2 Å². The molecule has 2 N–H and O–H groups in total. The molecule has 1 aromatic rings. The number of nitrogens with two attached hydrogens (primary N) is 1. The van der Waals surface area contributed by atoms with Gasteiger partial charge < -0.3 is 5.73 Å². The first-order chi connectivity index (χ1) is 9.04. The summed E-state index contributed by atoms with van der Waals surface area (Å²) in [5.74, 6) is 0. The third kappa shape index (κ3) is 3.54. The summed E-state index contributed by atoms with van der Waals surface area (Å²) in [6.45, 7) is 8.03. The van der Waals surface area contributed by atoms with Gasteiger partial charge >= 0.3 is 0 Å². The van der Waals surface area contributed by atoms with Gasteiger partial charge in [-0.2, -0.15) is 0 Å². The van der Waals surface area contributed by atoms with Crippen LogP contribution < -0.4 is 5.73 Å². The molecule has 0 saturated carbocycles. The number of benzene rings is 1. The number of hydrogen-bond acceptors (Lipinski definition) is 2. The smallest absolute Gasteiger partial charge is 0.104 e. The highest BCUT2D eigenvalue weighted by molar-refractivity contribution is 7.80. The lowest BCUT2D eigenvalue weighted by atomic mass is 9.78. The zero-order chi connectivity index (χ0) is 13.9. The van der Waals surface area contributed by atoms with Crippen molar-refractivity contribution in [3.05, 3.63) is 35.4 Å². The lowest BCUT2D eigenvalue weighted by Gasteiger charge is -2.39. The molecular formula is C16H24N2S. The fourth-order valence-corrected chi connectivity index (χ4v) is 2.94. The van der Waals surface area contributed by atoms with Gasteiger partial charge in [0.15, 0.2) is 0 Å². The van der Waals surface area contributed by atoms with Crippen molar-refractivity contribution < 1.29 is 0 Å². The summed E-state index contributed by atoms with van der Waals surface area (Å²) in [6.07, 6.45) is 3.86. The summed E-state index contributed by atoms with van der Waals surface area (Å²) in [4.78, 5) is 3.03. The second kappa shape index (κ2) is 6.02. The predicted molar refractivity (Wildman–Crippen MR) is 85.2 cm³/mol. The summed E-state index contributed by atoms with van der Waals surface area (Å²) in [5.41, 5.74) is 8.63. The van der Waals surface area contributed by atoms with E-state index in [9.17, 15) is 0 Å². The van der Waals surface area contributed by atoms with E-state index in [1.54, 1.807) is 0 Å². The molecule has 19 heavy (non-hydrogen) atoms. The Labute approximate surface area is 122 Å². The first-order valence-corrected chi connectivity index (χ1v) is 7.55. The second-order valence-corrected chi connectivity index (χ2v) is 6.40. The summed E-state index contributed by atoms with van der Waals surface area (Å²) in [7, 11) is 0. The molecule has 0 amide bonds. The number of likely N-dealkylation sites (tertiary alicyclic amines) is 1. The van der Waals surface area contributed by atoms with Gasteiger partial charge in [-0.1, -0.05) is 56.8 Å². The molecule has 2 nitrogen and oxygen atoms in total. The number of hydrogen-bond donors (Lipinski definition) is 1. The molecule has 0 aromatic heterocycles. The van der Waals surface area contributed by atoms with E-state index in [0.29, 0.717) is 10.4 Å². The number of thiocarbonyl (C=S) groups is 1. The summed E-state index contributed by atoms with van der Waals surface area (Å²) in [5, 5.41) is 0. The van der Waals surface area contributed by atoms with Crippen molar-refractivity contribution in [2.45, 2.75) is 39.7 Å². The van der Waals surface area contributed by atoms with Crippen molar-refractivity contribution in [3.63, 3.8) is 0 Å². The molecule has 0 unspecified atom stereocenters. The Hall–Kier alpha value is -0.930. The van der Waals surface area contributed by atoms with Crippen molar-refractivity contribution in [1.82, 2.24) is 4.90 Å². The molecule has 0 atom stereocenters. The molecule has 1 aromatic carbocycles. The second-order valence-electron chi connectivity index (χ2n) is 5.96. The van der Waals surface area contributed by atoms with Crippen molar-refractivity contribution in [2.24, 2.45) is 11.1 Å². The molecule has 0 spiro atoms. The number of rotatable bonds is 4. The van der Waals surface area contributed by atoms with E-state index < -0.39 is 0 Å². The Morgan fingerprint density at radius 3 is 2.53 bits per heavy atom. The Kier molecular flexibility index (Phi) is 4.58. The quantitative estimate of drug-likeness (QED) is 0.855. The van der Waals surface area contributed by atoms with Crippen LogP contribution in [0.15, 0.2) is 24.3 Å². The number of nitrogens with zero attached hydrogens (tertiary/aromatic N) is 1. The molecule has 1 aliphatic rings. The van der Waals surface area contributed by atoms with Crippen LogP contribution in [-0.4, -0.2) is 23.0 Å². The molecule has 3 heteroatoms. The average molecular weight is 276 g/mol. The van der Waals surface area contributed by atoms with E-state index in [1.807, 2.05) is 12.1 Å². The molecule has 1 aliphatic heterocycles. The molecule has 0 aliphatic carbocycles. The van der Waals surface area contributed by atoms with Crippen molar-refractivity contribution in [1.29, 1.82) is 0 Å². The maximum Gasteiger partial charge on any atom is 0.104 e.